The molecule has 1 rings (SSSR count). The van der Waals surface area contributed by atoms with Gasteiger partial charge in [-0.25, -0.2) is 0 Å². The lowest BCUT2D eigenvalue weighted by molar-refractivity contribution is -0.132. The second-order valence-corrected chi connectivity index (χ2v) is 6.42. The van der Waals surface area contributed by atoms with Gasteiger partial charge in [-0.1, -0.05) is 32.6 Å². The van der Waals surface area contributed by atoms with Gasteiger partial charge in [0.05, 0.1) is 0 Å². The molecule has 0 aromatic rings. The van der Waals surface area contributed by atoms with Crippen molar-refractivity contribution < 1.29 is 4.79 Å². The first-order valence-corrected chi connectivity index (χ1v) is 8.94. The third-order valence-electron chi connectivity index (χ3n) is 3.89. The predicted molar refractivity (Wildman–Crippen MR) is 81.1 cm³/mol. The molecule has 0 heterocycles. The molecule has 1 aliphatic carbocycles. The van der Waals surface area contributed by atoms with Gasteiger partial charge in [-0.15, -0.1) is 0 Å². The van der Waals surface area contributed by atoms with E-state index in [2.05, 4.69) is 18.1 Å². The van der Waals surface area contributed by atoms with Gasteiger partial charge in [0.15, 0.2) is 0 Å². The van der Waals surface area contributed by atoms with Crippen molar-refractivity contribution in [1.82, 2.24) is 4.90 Å². The Bertz CT molecular complexity index is 219. The lowest BCUT2D eigenvalue weighted by Gasteiger charge is -2.26. The van der Waals surface area contributed by atoms with Crippen LogP contribution in [0.1, 0.15) is 58.3 Å². The molecule has 0 N–H and O–H groups in total. The van der Waals surface area contributed by atoms with Crippen molar-refractivity contribution in [1.29, 1.82) is 0 Å². The highest BCUT2D eigenvalue weighted by molar-refractivity contribution is 7.98. The molecular weight excluding hydrogens is 242 g/mol. The van der Waals surface area contributed by atoms with Gasteiger partial charge in [-0.3, -0.25) is 4.79 Å². The van der Waals surface area contributed by atoms with Crippen molar-refractivity contribution in [2.75, 3.05) is 25.1 Å². The summed E-state index contributed by atoms with van der Waals surface area (Å²) in [5.41, 5.74) is 0. The minimum absolute atomic E-state index is 0.407. The number of carbonyl (C=O) groups excluding carboxylic acids is 1. The number of unbranched alkanes of at least 4 members (excludes halogenated alkanes) is 1. The summed E-state index contributed by atoms with van der Waals surface area (Å²) in [6, 6.07) is 0. The van der Waals surface area contributed by atoms with Crippen LogP contribution in [0.3, 0.4) is 0 Å². The van der Waals surface area contributed by atoms with Gasteiger partial charge in [0.1, 0.15) is 0 Å². The van der Waals surface area contributed by atoms with E-state index in [1.807, 2.05) is 11.8 Å². The predicted octanol–water partition coefficient (Wildman–Crippen LogP) is 3.95. The Balaban J connectivity index is 2.35. The number of carbonyl (C=O) groups is 1. The maximum absolute atomic E-state index is 12.3. The summed E-state index contributed by atoms with van der Waals surface area (Å²) >= 11 is 1.83. The van der Waals surface area contributed by atoms with Crippen molar-refractivity contribution in [3.63, 3.8) is 0 Å². The number of hydrogen-bond acceptors (Lipinski definition) is 2. The van der Waals surface area contributed by atoms with Gasteiger partial charge < -0.3 is 4.90 Å². The number of thioether (sulfide) groups is 1. The normalized spacial score (nSPS) is 16.8. The third-order valence-corrected chi connectivity index (χ3v) is 4.48. The van der Waals surface area contributed by atoms with Crippen LogP contribution in [0.2, 0.25) is 0 Å². The van der Waals surface area contributed by atoms with E-state index in [9.17, 15) is 4.79 Å². The average Bonchev–Trinajstić information content (AvgIpc) is 2.40. The fourth-order valence-electron chi connectivity index (χ4n) is 2.68. The van der Waals surface area contributed by atoms with Crippen LogP contribution < -0.4 is 0 Å². The van der Waals surface area contributed by atoms with Crippen LogP contribution in [0.15, 0.2) is 0 Å². The quantitative estimate of drug-likeness (QED) is 0.666. The Morgan fingerprint density at radius 3 is 2.56 bits per heavy atom. The largest absolute Gasteiger partial charge is 0.342 e. The van der Waals surface area contributed by atoms with E-state index in [0.29, 0.717) is 11.8 Å². The first-order valence-electron chi connectivity index (χ1n) is 7.54. The highest BCUT2D eigenvalue weighted by Gasteiger charge is 2.20. The van der Waals surface area contributed by atoms with E-state index in [1.54, 1.807) is 0 Å². The fraction of sp³-hybridized carbons (Fsp3) is 0.933. The summed E-state index contributed by atoms with van der Waals surface area (Å²) in [5.74, 6) is 2.15. The van der Waals surface area contributed by atoms with Gasteiger partial charge in [0.25, 0.3) is 0 Å². The van der Waals surface area contributed by atoms with Gasteiger partial charge in [0, 0.05) is 25.3 Å². The van der Waals surface area contributed by atoms with Gasteiger partial charge in [-0.2, -0.15) is 11.8 Å². The maximum Gasteiger partial charge on any atom is 0.222 e. The molecular formula is C15H29NOS. The summed E-state index contributed by atoms with van der Waals surface area (Å²) in [7, 11) is 0. The smallest absolute Gasteiger partial charge is 0.222 e. The van der Waals surface area contributed by atoms with E-state index in [-0.39, 0.29) is 0 Å². The zero-order valence-electron chi connectivity index (χ0n) is 12.1. The lowest BCUT2D eigenvalue weighted by Crippen LogP contribution is -2.35. The summed E-state index contributed by atoms with van der Waals surface area (Å²) in [6.45, 7) is 4.09. The fourth-order valence-corrected chi connectivity index (χ4v) is 3.08. The standard InChI is InChI=1S/C15H29NOS/c1-3-4-10-16(11-12-18-2)15(17)13-14-8-6-5-7-9-14/h14H,3-13H2,1-2H3. The van der Waals surface area contributed by atoms with Crippen LogP contribution in [0, 0.1) is 5.92 Å². The Kier molecular flexibility index (Phi) is 8.57. The molecule has 3 heteroatoms. The first kappa shape index (κ1) is 15.9. The zero-order chi connectivity index (χ0) is 13.2. The Morgan fingerprint density at radius 1 is 1.22 bits per heavy atom. The van der Waals surface area contributed by atoms with Crippen molar-refractivity contribution >= 4 is 17.7 Å². The summed E-state index contributed by atoms with van der Waals surface area (Å²) in [6.07, 6.45) is 11.8. The minimum atomic E-state index is 0.407. The second-order valence-electron chi connectivity index (χ2n) is 5.44. The van der Waals surface area contributed by atoms with Crippen LogP contribution >= 0.6 is 11.8 Å². The van der Waals surface area contributed by atoms with E-state index in [0.717, 1.165) is 31.7 Å². The molecule has 106 valence electrons. The summed E-state index contributed by atoms with van der Waals surface area (Å²) < 4.78 is 0. The molecule has 1 aliphatic rings. The van der Waals surface area contributed by atoms with E-state index in [4.69, 9.17) is 0 Å². The van der Waals surface area contributed by atoms with Crippen LogP contribution in [-0.4, -0.2) is 35.9 Å². The molecule has 2 nitrogen and oxygen atoms in total. The Morgan fingerprint density at radius 2 is 1.94 bits per heavy atom. The highest BCUT2D eigenvalue weighted by atomic mass is 32.2. The molecule has 0 aromatic carbocycles. The van der Waals surface area contributed by atoms with Crippen LogP contribution in [0.4, 0.5) is 0 Å². The van der Waals surface area contributed by atoms with Gasteiger partial charge in [0.2, 0.25) is 5.91 Å². The molecule has 0 aromatic heterocycles. The van der Waals surface area contributed by atoms with Crippen molar-refractivity contribution in [3.8, 4) is 0 Å². The van der Waals surface area contributed by atoms with Crippen molar-refractivity contribution in [2.24, 2.45) is 5.92 Å². The molecule has 0 atom stereocenters. The van der Waals surface area contributed by atoms with Crippen LogP contribution in [-0.2, 0) is 4.79 Å². The molecule has 0 radical (unpaired) electrons. The van der Waals surface area contributed by atoms with Gasteiger partial charge >= 0.3 is 0 Å². The summed E-state index contributed by atoms with van der Waals surface area (Å²) in [4.78, 5) is 14.4. The molecule has 0 aliphatic heterocycles. The van der Waals surface area contributed by atoms with E-state index in [1.165, 1.54) is 38.5 Å². The summed E-state index contributed by atoms with van der Waals surface area (Å²) in [5, 5.41) is 0. The van der Waals surface area contributed by atoms with Crippen molar-refractivity contribution in [3.05, 3.63) is 0 Å². The first-order chi connectivity index (χ1) is 8.77. The van der Waals surface area contributed by atoms with E-state index < -0.39 is 0 Å². The second kappa shape index (κ2) is 9.71. The maximum atomic E-state index is 12.3. The Labute approximate surface area is 117 Å². The molecule has 1 fully saturated rings. The van der Waals surface area contributed by atoms with Crippen molar-refractivity contribution in [2.45, 2.75) is 58.3 Å². The zero-order valence-corrected chi connectivity index (χ0v) is 12.9. The average molecular weight is 271 g/mol. The molecule has 0 bridgehead atoms. The molecule has 0 unspecified atom stereocenters. The number of amides is 1. The van der Waals surface area contributed by atoms with E-state index >= 15 is 0 Å². The number of nitrogens with zero attached hydrogens (tertiary/aromatic N) is 1. The molecule has 1 amide bonds. The topological polar surface area (TPSA) is 20.3 Å². The molecule has 0 spiro atoms. The lowest BCUT2D eigenvalue weighted by atomic mass is 9.86. The molecule has 18 heavy (non-hydrogen) atoms. The monoisotopic (exact) mass is 271 g/mol. The van der Waals surface area contributed by atoms with Gasteiger partial charge in [-0.05, 0) is 31.4 Å². The molecule has 1 saturated carbocycles. The Hall–Kier alpha value is -0.180. The highest BCUT2D eigenvalue weighted by Crippen LogP contribution is 2.26. The minimum Gasteiger partial charge on any atom is -0.342 e. The molecule has 0 saturated heterocycles. The number of hydrogen-bond donors (Lipinski definition) is 0. The van der Waals surface area contributed by atoms with Crippen LogP contribution in [0.5, 0.6) is 0 Å². The van der Waals surface area contributed by atoms with Crippen LogP contribution in [0.25, 0.3) is 0 Å². The number of rotatable bonds is 8. The third kappa shape index (κ3) is 6.12. The SMILES string of the molecule is CCCCN(CCSC)C(=O)CC1CCCCC1.